The standard InChI is InChI=1S/C24H35N5O4S/c1-17(30)19-6-8-21(9-7-19)34(32,33)29-22(14-20(26-3)15-25-2)23(31)27-24(29)10-12-28(13-11-24)16-18-4-5-18/h6-9,15,17-18,22,25,30H,3-5,10-14,16H2,1-2H3,(H,27,31)/b20-15-. The van der Waals surface area contributed by atoms with Crippen molar-refractivity contribution in [2.24, 2.45) is 10.9 Å². The number of amides is 1. The molecule has 10 heteroatoms. The van der Waals surface area contributed by atoms with E-state index in [0.717, 1.165) is 25.6 Å². The summed E-state index contributed by atoms with van der Waals surface area (Å²) in [7, 11) is -2.31. The smallest absolute Gasteiger partial charge is 0.245 e. The minimum absolute atomic E-state index is 0.101. The molecule has 3 fully saturated rings. The van der Waals surface area contributed by atoms with E-state index >= 15 is 0 Å². The van der Waals surface area contributed by atoms with E-state index in [2.05, 4.69) is 27.2 Å². The topological polar surface area (TPSA) is 114 Å². The molecule has 34 heavy (non-hydrogen) atoms. The van der Waals surface area contributed by atoms with Crippen LogP contribution < -0.4 is 10.6 Å². The highest BCUT2D eigenvalue weighted by Crippen LogP contribution is 2.40. The van der Waals surface area contributed by atoms with Gasteiger partial charge in [-0.3, -0.25) is 9.79 Å². The van der Waals surface area contributed by atoms with Crippen molar-refractivity contribution < 1.29 is 18.3 Å². The number of carbonyl (C=O) groups excluding carboxylic acids is 1. The Hall–Kier alpha value is -2.27. The number of likely N-dealkylation sites (tertiary alicyclic amines) is 1. The Bertz CT molecular complexity index is 1040. The Labute approximate surface area is 202 Å². The second kappa shape index (κ2) is 9.77. The largest absolute Gasteiger partial charge is 0.393 e. The van der Waals surface area contributed by atoms with Crippen molar-refractivity contribution in [1.29, 1.82) is 0 Å². The van der Waals surface area contributed by atoms with Crippen molar-refractivity contribution in [3.05, 3.63) is 41.7 Å². The summed E-state index contributed by atoms with van der Waals surface area (Å²) < 4.78 is 29.4. The first-order chi connectivity index (χ1) is 16.2. The second-order valence-corrected chi connectivity index (χ2v) is 11.4. The molecule has 1 spiro atoms. The Morgan fingerprint density at radius 1 is 1.32 bits per heavy atom. The number of piperidine rings is 1. The molecule has 0 aromatic heterocycles. The van der Waals surface area contributed by atoms with Crippen LogP contribution in [0, 0.1) is 5.92 Å². The number of aliphatic hydroxyl groups excluding tert-OH is 1. The van der Waals surface area contributed by atoms with Gasteiger partial charge in [-0.2, -0.15) is 4.31 Å². The Morgan fingerprint density at radius 3 is 2.50 bits per heavy atom. The molecule has 0 radical (unpaired) electrons. The van der Waals surface area contributed by atoms with Crippen LogP contribution in [0.3, 0.4) is 0 Å². The van der Waals surface area contributed by atoms with Crippen LogP contribution in [0.25, 0.3) is 0 Å². The molecule has 1 amide bonds. The lowest BCUT2D eigenvalue weighted by Gasteiger charge is -2.44. The van der Waals surface area contributed by atoms with E-state index in [9.17, 15) is 18.3 Å². The molecule has 1 aromatic rings. The van der Waals surface area contributed by atoms with Crippen LogP contribution in [0.5, 0.6) is 0 Å². The summed E-state index contributed by atoms with van der Waals surface area (Å²) in [5, 5.41) is 15.8. The molecule has 9 nitrogen and oxygen atoms in total. The minimum atomic E-state index is -4.03. The zero-order valence-corrected chi connectivity index (χ0v) is 20.7. The fourth-order valence-corrected chi connectivity index (χ4v) is 6.93. The van der Waals surface area contributed by atoms with Gasteiger partial charge in [0.25, 0.3) is 0 Å². The maximum atomic E-state index is 14.0. The van der Waals surface area contributed by atoms with Gasteiger partial charge >= 0.3 is 0 Å². The normalized spacial score (nSPS) is 24.7. The Balaban J connectivity index is 1.69. The molecule has 2 aliphatic heterocycles. The number of carbonyl (C=O) groups is 1. The zero-order valence-electron chi connectivity index (χ0n) is 19.9. The van der Waals surface area contributed by atoms with Crippen molar-refractivity contribution in [3.63, 3.8) is 0 Å². The average Bonchev–Trinajstić information content (AvgIpc) is 3.59. The van der Waals surface area contributed by atoms with Gasteiger partial charge in [-0.05, 0) is 62.9 Å². The summed E-state index contributed by atoms with van der Waals surface area (Å²) in [6.45, 7) is 7.71. The summed E-state index contributed by atoms with van der Waals surface area (Å²) in [4.78, 5) is 19.7. The molecule has 1 saturated carbocycles. The highest BCUT2D eigenvalue weighted by atomic mass is 32.2. The van der Waals surface area contributed by atoms with E-state index in [0.29, 0.717) is 24.1 Å². The van der Waals surface area contributed by atoms with E-state index in [1.165, 1.54) is 29.3 Å². The molecule has 3 N–H and O–H groups in total. The molecule has 2 unspecified atom stereocenters. The van der Waals surface area contributed by atoms with Crippen molar-refractivity contribution in [2.75, 3.05) is 26.7 Å². The number of aliphatic imine (C=N–C) groups is 1. The molecule has 0 bridgehead atoms. The predicted molar refractivity (Wildman–Crippen MR) is 130 cm³/mol. The molecule has 2 atom stereocenters. The molecule has 186 valence electrons. The lowest BCUT2D eigenvalue weighted by Crippen LogP contribution is -2.60. The first-order valence-electron chi connectivity index (χ1n) is 11.9. The maximum absolute atomic E-state index is 14.0. The molecule has 2 saturated heterocycles. The van der Waals surface area contributed by atoms with Gasteiger partial charge in [0.05, 0.1) is 16.7 Å². The molecule has 4 rings (SSSR count). The fourth-order valence-electron chi connectivity index (χ4n) is 5.03. The molecule has 1 aliphatic carbocycles. The molecule has 2 heterocycles. The number of sulfonamides is 1. The summed E-state index contributed by atoms with van der Waals surface area (Å²) in [6, 6.07) is 5.30. The van der Waals surface area contributed by atoms with Crippen molar-refractivity contribution >= 4 is 22.6 Å². The third kappa shape index (κ3) is 4.91. The lowest BCUT2D eigenvalue weighted by atomic mass is 9.97. The maximum Gasteiger partial charge on any atom is 0.245 e. The molecular weight excluding hydrogens is 454 g/mol. The molecular formula is C24H35N5O4S. The number of benzene rings is 1. The van der Waals surface area contributed by atoms with Gasteiger partial charge < -0.3 is 20.6 Å². The summed E-state index contributed by atoms with van der Waals surface area (Å²) in [5.41, 5.74) is 0.162. The van der Waals surface area contributed by atoms with Crippen LogP contribution in [-0.4, -0.2) is 73.7 Å². The van der Waals surface area contributed by atoms with E-state index in [1.807, 2.05) is 0 Å². The highest BCUT2D eigenvalue weighted by Gasteiger charge is 2.57. The number of rotatable bonds is 9. The predicted octanol–water partition coefficient (Wildman–Crippen LogP) is 1.58. The van der Waals surface area contributed by atoms with Gasteiger partial charge in [0.1, 0.15) is 11.7 Å². The fraction of sp³-hybridized carbons (Fsp3) is 0.583. The summed E-state index contributed by atoms with van der Waals surface area (Å²) >= 11 is 0. The van der Waals surface area contributed by atoms with E-state index in [4.69, 9.17) is 0 Å². The number of nitrogens with zero attached hydrogens (tertiary/aromatic N) is 3. The van der Waals surface area contributed by atoms with Gasteiger partial charge in [-0.15, -0.1) is 0 Å². The second-order valence-electron chi connectivity index (χ2n) is 9.61. The number of hydrogen-bond acceptors (Lipinski definition) is 7. The summed E-state index contributed by atoms with van der Waals surface area (Å²) in [6.07, 6.45) is 4.63. The SMILES string of the molecule is C=N/C(=C\NC)CC1C(=O)NC2(CCN(CC3CC3)CC2)N1S(=O)(=O)c1ccc(C(C)O)cc1. The van der Waals surface area contributed by atoms with Gasteiger partial charge in [0.2, 0.25) is 15.9 Å². The first-order valence-corrected chi connectivity index (χ1v) is 13.3. The van der Waals surface area contributed by atoms with Crippen LogP contribution in [0.4, 0.5) is 0 Å². The average molecular weight is 490 g/mol. The van der Waals surface area contributed by atoms with E-state index in [1.54, 1.807) is 32.3 Å². The van der Waals surface area contributed by atoms with Crippen LogP contribution >= 0.6 is 0 Å². The zero-order chi connectivity index (χ0) is 24.5. The van der Waals surface area contributed by atoms with Gasteiger partial charge in [0, 0.05) is 39.3 Å². The summed E-state index contributed by atoms with van der Waals surface area (Å²) in [5.74, 6) is 0.436. The number of aliphatic hydroxyl groups is 1. The van der Waals surface area contributed by atoms with Crippen molar-refractivity contribution in [1.82, 2.24) is 19.8 Å². The molecule has 3 aliphatic rings. The Kier molecular flexibility index (Phi) is 7.14. The van der Waals surface area contributed by atoms with Crippen LogP contribution in [0.1, 0.15) is 50.7 Å². The highest BCUT2D eigenvalue weighted by molar-refractivity contribution is 7.89. The minimum Gasteiger partial charge on any atom is -0.393 e. The van der Waals surface area contributed by atoms with Crippen molar-refractivity contribution in [2.45, 2.75) is 61.7 Å². The van der Waals surface area contributed by atoms with Crippen LogP contribution in [0.15, 0.2) is 46.1 Å². The Morgan fingerprint density at radius 2 is 1.97 bits per heavy atom. The quantitative estimate of drug-likeness (QED) is 0.454. The van der Waals surface area contributed by atoms with Gasteiger partial charge in [0.15, 0.2) is 0 Å². The van der Waals surface area contributed by atoms with Crippen molar-refractivity contribution in [3.8, 4) is 0 Å². The third-order valence-electron chi connectivity index (χ3n) is 7.10. The lowest BCUT2D eigenvalue weighted by molar-refractivity contribution is -0.121. The van der Waals surface area contributed by atoms with Crippen LogP contribution in [0.2, 0.25) is 0 Å². The van der Waals surface area contributed by atoms with Gasteiger partial charge in [-0.25, -0.2) is 8.42 Å². The third-order valence-corrected chi connectivity index (χ3v) is 9.09. The number of nitrogens with one attached hydrogen (secondary N) is 2. The van der Waals surface area contributed by atoms with Crippen LogP contribution in [-0.2, 0) is 14.8 Å². The molecule has 1 aromatic carbocycles. The van der Waals surface area contributed by atoms with E-state index < -0.39 is 27.8 Å². The number of hydrogen-bond donors (Lipinski definition) is 3. The monoisotopic (exact) mass is 489 g/mol. The first kappa shape index (κ1) is 24.8. The van der Waals surface area contributed by atoms with Gasteiger partial charge in [-0.1, -0.05) is 12.1 Å². The van der Waals surface area contributed by atoms with E-state index in [-0.39, 0.29) is 17.2 Å².